The molecule has 0 saturated heterocycles. The number of hydrogen-bond acceptors (Lipinski definition) is 7. The molecule has 0 aliphatic carbocycles. The van der Waals surface area contributed by atoms with Crippen molar-refractivity contribution in [1.29, 1.82) is 0 Å². The lowest BCUT2D eigenvalue weighted by Gasteiger charge is -2.11. The molecule has 0 aliphatic rings. The number of aryl methyl sites for hydroxylation is 1. The van der Waals surface area contributed by atoms with Crippen molar-refractivity contribution in [3.8, 4) is 27.5 Å². The van der Waals surface area contributed by atoms with Gasteiger partial charge in [0.25, 0.3) is 5.56 Å². The van der Waals surface area contributed by atoms with Crippen molar-refractivity contribution in [2.24, 2.45) is 0 Å². The van der Waals surface area contributed by atoms with Gasteiger partial charge in [0, 0.05) is 41.8 Å². The van der Waals surface area contributed by atoms with Crippen LogP contribution in [0.25, 0.3) is 49.6 Å². The maximum Gasteiger partial charge on any atom is 0.255 e. The van der Waals surface area contributed by atoms with E-state index in [0.29, 0.717) is 17.0 Å². The SMILES string of the molecule is Cc1ncc(-c2nc3[nH]cc(-n4ccccc4=O)c(=O)c3nc2-c2ccc3ncccc3c2)s1. The lowest BCUT2D eigenvalue weighted by atomic mass is 10.1. The van der Waals surface area contributed by atoms with Crippen LogP contribution < -0.4 is 11.0 Å². The summed E-state index contributed by atoms with van der Waals surface area (Å²) in [7, 11) is 0. The number of pyridine rings is 3. The summed E-state index contributed by atoms with van der Waals surface area (Å²) in [6, 6.07) is 14.4. The van der Waals surface area contributed by atoms with Gasteiger partial charge in [0.05, 0.1) is 21.1 Å². The van der Waals surface area contributed by atoms with E-state index >= 15 is 0 Å². The molecule has 6 aromatic rings. The van der Waals surface area contributed by atoms with Gasteiger partial charge in [-0.05, 0) is 31.2 Å². The zero-order chi connectivity index (χ0) is 23.2. The van der Waals surface area contributed by atoms with Gasteiger partial charge in [0.2, 0.25) is 5.43 Å². The highest BCUT2D eigenvalue weighted by Crippen LogP contribution is 2.34. The van der Waals surface area contributed by atoms with Gasteiger partial charge in [-0.25, -0.2) is 15.0 Å². The Morgan fingerprint density at radius 1 is 0.971 bits per heavy atom. The van der Waals surface area contributed by atoms with Crippen molar-refractivity contribution >= 4 is 33.4 Å². The second-order valence-corrected chi connectivity index (χ2v) is 8.92. The molecule has 164 valence electrons. The van der Waals surface area contributed by atoms with Crippen LogP contribution in [0.5, 0.6) is 0 Å². The van der Waals surface area contributed by atoms with E-state index in [1.807, 2.05) is 37.3 Å². The summed E-state index contributed by atoms with van der Waals surface area (Å²) in [6.07, 6.45) is 6.55. The van der Waals surface area contributed by atoms with Gasteiger partial charge in [-0.3, -0.25) is 19.1 Å². The molecule has 0 radical (unpaired) electrons. The van der Waals surface area contributed by atoms with E-state index < -0.39 is 0 Å². The van der Waals surface area contributed by atoms with Crippen LogP contribution in [-0.2, 0) is 0 Å². The first-order valence-corrected chi connectivity index (χ1v) is 11.3. The maximum atomic E-state index is 13.4. The molecule has 0 bridgehead atoms. The van der Waals surface area contributed by atoms with Crippen molar-refractivity contribution in [2.75, 3.05) is 0 Å². The number of aromatic nitrogens is 6. The minimum Gasteiger partial charge on any atom is -0.342 e. The fraction of sp³-hybridized carbons (Fsp3) is 0.0400. The normalized spacial score (nSPS) is 11.3. The molecule has 0 saturated carbocycles. The predicted molar refractivity (Wildman–Crippen MR) is 132 cm³/mol. The first-order chi connectivity index (χ1) is 16.6. The molecule has 0 aliphatic heterocycles. The third kappa shape index (κ3) is 3.30. The number of aromatic amines is 1. The molecule has 0 amide bonds. The molecular weight excluding hydrogens is 448 g/mol. The molecular formula is C25H16N6O2S. The van der Waals surface area contributed by atoms with E-state index in [4.69, 9.17) is 9.97 Å². The maximum absolute atomic E-state index is 13.4. The summed E-state index contributed by atoms with van der Waals surface area (Å²) in [5.41, 5.74) is 2.83. The van der Waals surface area contributed by atoms with Gasteiger partial charge in [-0.1, -0.05) is 18.2 Å². The molecule has 5 heterocycles. The number of H-pyrrole nitrogens is 1. The van der Waals surface area contributed by atoms with Crippen LogP contribution in [0, 0.1) is 6.92 Å². The molecule has 34 heavy (non-hydrogen) atoms. The monoisotopic (exact) mass is 464 g/mol. The zero-order valence-electron chi connectivity index (χ0n) is 17.9. The molecule has 6 rings (SSSR count). The minimum atomic E-state index is -0.384. The Balaban J connectivity index is 1.66. The van der Waals surface area contributed by atoms with Gasteiger partial charge in [0.15, 0.2) is 11.2 Å². The molecule has 1 aromatic carbocycles. The summed E-state index contributed by atoms with van der Waals surface area (Å²) >= 11 is 1.50. The molecule has 0 fully saturated rings. The van der Waals surface area contributed by atoms with Crippen molar-refractivity contribution in [2.45, 2.75) is 6.92 Å². The molecule has 0 atom stereocenters. The summed E-state index contributed by atoms with van der Waals surface area (Å²) in [4.78, 5) is 48.0. The summed E-state index contributed by atoms with van der Waals surface area (Å²) in [6.45, 7) is 1.93. The number of fused-ring (bicyclic) bond motifs is 2. The predicted octanol–water partition coefficient (Wildman–Crippen LogP) is 4.12. The van der Waals surface area contributed by atoms with Crippen molar-refractivity contribution in [3.05, 3.63) is 98.9 Å². The lowest BCUT2D eigenvalue weighted by Crippen LogP contribution is -2.23. The molecule has 0 spiro atoms. The Kier molecular flexibility index (Phi) is 4.63. The highest BCUT2D eigenvalue weighted by Gasteiger charge is 2.19. The quantitative estimate of drug-likeness (QED) is 0.422. The van der Waals surface area contributed by atoms with E-state index in [0.717, 1.165) is 26.4 Å². The fourth-order valence-corrected chi connectivity index (χ4v) is 4.66. The number of rotatable bonds is 3. The topological polar surface area (TPSA) is 106 Å². The van der Waals surface area contributed by atoms with Crippen LogP contribution in [0.1, 0.15) is 5.01 Å². The zero-order valence-corrected chi connectivity index (χ0v) is 18.7. The van der Waals surface area contributed by atoms with Crippen LogP contribution in [0.4, 0.5) is 0 Å². The van der Waals surface area contributed by atoms with E-state index in [9.17, 15) is 9.59 Å². The van der Waals surface area contributed by atoms with Gasteiger partial charge in [-0.2, -0.15) is 0 Å². The second-order valence-electron chi connectivity index (χ2n) is 7.68. The van der Waals surface area contributed by atoms with Gasteiger partial charge in [-0.15, -0.1) is 11.3 Å². The number of thiazole rings is 1. The lowest BCUT2D eigenvalue weighted by molar-refractivity contribution is 0.970. The summed E-state index contributed by atoms with van der Waals surface area (Å²) in [5, 5.41) is 1.85. The summed E-state index contributed by atoms with van der Waals surface area (Å²) < 4.78 is 1.29. The Bertz CT molecular complexity index is 1840. The highest BCUT2D eigenvalue weighted by atomic mass is 32.1. The third-order valence-electron chi connectivity index (χ3n) is 5.50. The van der Waals surface area contributed by atoms with Crippen LogP contribution in [-0.4, -0.2) is 29.5 Å². The Labute approximate surface area is 196 Å². The average molecular weight is 465 g/mol. The second kappa shape index (κ2) is 7.82. The van der Waals surface area contributed by atoms with Crippen LogP contribution >= 0.6 is 11.3 Å². The van der Waals surface area contributed by atoms with Crippen molar-refractivity contribution in [1.82, 2.24) is 29.5 Å². The smallest absolute Gasteiger partial charge is 0.255 e. The van der Waals surface area contributed by atoms with Gasteiger partial charge < -0.3 is 4.98 Å². The molecule has 0 unspecified atom stereocenters. The van der Waals surface area contributed by atoms with Gasteiger partial charge in [0.1, 0.15) is 11.4 Å². The Morgan fingerprint density at radius 2 is 1.88 bits per heavy atom. The first-order valence-electron chi connectivity index (χ1n) is 10.5. The highest BCUT2D eigenvalue weighted by molar-refractivity contribution is 7.15. The fourth-order valence-electron chi connectivity index (χ4n) is 3.89. The van der Waals surface area contributed by atoms with Crippen LogP contribution in [0.15, 0.2) is 82.9 Å². The number of hydrogen-bond donors (Lipinski definition) is 1. The number of benzene rings is 1. The Hall–Kier alpha value is -4.50. The number of nitrogens with zero attached hydrogens (tertiary/aromatic N) is 5. The number of nitrogens with one attached hydrogen (secondary N) is 1. The summed E-state index contributed by atoms with van der Waals surface area (Å²) in [5.74, 6) is 0. The van der Waals surface area contributed by atoms with Crippen molar-refractivity contribution < 1.29 is 0 Å². The largest absolute Gasteiger partial charge is 0.342 e. The standard InChI is InChI=1S/C25H16N6O2S/c1-14-27-13-19(34-14)22-21(16-7-8-17-15(11-16)5-4-9-26-17)29-23-24(33)18(12-28-25(23)30-22)31-10-3-2-6-20(31)32/h2-13H,1H3,(H,28,30,33). The van der Waals surface area contributed by atoms with E-state index in [1.54, 1.807) is 30.7 Å². The van der Waals surface area contributed by atoms with Crippen molar-refractivity contribution in [3.63, 3.8) is 0 Å². The van der Waals surface area contributed by atoms with Gasteiger partial charge >= 0.3 is 0 Å². The van der Waals surface area contributed by atoms with Crippen LogP contribution in [0.2, 0.25) is 0 Å². The first kappa shape index (κ1) is 20.1. The van der Waals surface area contributed by atoms with E-state index in [2.05, 4.69) is 15.0 Å². The third-order valence-corrected chi connectivity index (χ3v) is 6.42. The Morgan fingerprint density at radius 3 is 2.71 bits per heavy atom. The van der Waals surface area contributed by atoms with E-state index in [-0.39, 0.29) is 22.2 Å². The molecule has 5 aromatic heterocycles. The minimum absolute atomic E-state index is 0.152. The van der Waals surface area contributed by atoms with Crippen LogP contribution in [0.3, 0.4) is 0 Å². The average Bonchev–Trinajstić information content (AvgIpc) is 3.30. The molecule has 8 nitrogen and oxygen atoms in total. The molecule has 9 heteroatoms. The molecule has 1 N–H and O–H groups in total. The van der Waals surface area contributed by atoms with E-state index in [1.165, 1.54) is 28.2 Å².